The Morgan fingerprint density at radius 3 is 2.54 bits per heavy atom. The van der Waals surface area contributed by atoms with Crippen molar-refractivity contribution in [3.63, 3.8) is 0 Å². The predicted octanol–water partition coefficient (Wildman–Crippen LogP) is 4.37. The lowest BCUT2D eigenvalue weighted by molar-refractivity contribution is 0.104. The van der Waals surface area contributed by atoms with Crippen molar-refractivity contribution in [1.82, 2.24) is 0 Å². The second-order valence-corrected chi connectivity index (χ2v) is 6.43. The summed E-state index contributed by atoms with van der Waals surface area (Å²) in [5.41, 5.74) is 0.112. The summed E-state index contributed by atoms with van der Waals surface area (Å²) in [6, 6.07) is 8.07. The molecule has 1 aromatic heterocycles. The van der Waals surface area contributed by atoms with E-state index >= 15 is 0 Å². The van der Waals surface area contributed by atoms with E-state index in [-0.39, 0.29) is 11.0 Å². The van der Waals surface area contributed by atoms with Crippen LogP contribution in [0.4, 0.5) is 0 Å². The van der Waals surface area contributed by atoms with Crippen molar-refractivity contribution in [2.75, 3.05) is 14.2 Å². The fraction of sp³-hybridized carbons (Fsp3) is 0.143. The summed E-state index contributed by atoms with van der Waals surface area (Å²) in [5.74, 6) is -0.115. The summed E-state index contributed by atoms with van der Waals surface area (Å²) in [4.78, 5) is 24.8. The minimum Gasteiger partial charge on any atom is -0.506 e. The molecule has 3 rings (SSSR count). The van der Waals surface area contributed by atoms with Crippen molar-refractivity contribution in [3.8, 4) is 17.2 Å². The average Bonchev–Trinajstić information content (AvgIpc) is 2.67. The van der Waals surface area contributed by atoms with E-state index in [0.717, 1.165) is 0 Å². The number of rotatable bonds is 5. The van der Waals surface area contributed by atoms with Crippen LogP contribution >= 0.6 is 11.6 Å². The van der Waals surface area contributed by atoms with Crippen molar-refractivity contribution < 1.29 is 23.8 Å². The maximum atomic E-state index is 12.5. The Kier molecular flexibility index (Phi) is 5.42. The van der Waals surface area contributed by atoms with E-state index in [9.17, 15) is 14.7 Å². The second-order valence-electron chi connectivity index (χ2n) is 6.02. The van der Waals surface area contributed by atoms with Crippen LogP contribution in [0, 0.1) is 6.92 Å². The molecule has 0 unspecified atom stereocenters. The molecule has 0 fully saturated rings. The smallest absolute Gasteiger partial charge is 0.351 e. The molecule has 3 aromatic rings. The van der Waals surface area contributed by atoms with Gasteiger partial charge in [-0.15, -0.1) is 0 Å². The van der Waals surface area contributed by atoms with Crippen LogP contribution in [0.1, 0.15) is 21.5 Å². The van der Waals surface area contributed by atoms with Gasteiger partial charge in [-0.25, -0.2) is 4.79 Å². The number of halogens is 1. The van der Waals surface area contributed by atoms with E-state index in [1.165, 1.54) is 38.5 Å². The van der Waals surface area contributed by atoms with Gasteiger partial charge in [0.05, 0.1) is 19.6 Å². The SMILES string of the molecule is COc1ccc(/C=C/C(=O)c2c(O)c3cc(Cl)c(C)cc3oc2=O)cc1OC. The lowest BCUT2D eigenvalue weighted by Crippen LogP contribution is -2.12. The van der Waals surface area contributed by atoms with E-state index in [4.69, 9.17) is 25.5 Å². The van der Waals surface area contributed by atoms with Crippen molar-refractivity contribution in [3.05, 3.63) is 68.5 Å². The summed E-state index contributed by atoms with van der Waals surface area (Å²) in [5, 5.41) is 11.0. The molecule has 0 amide bonds. The van der Waals surface area contributed by atoms with Gasteiger partial charge in [-0.1, -0.05) is 23.7 Å². The number of benzene rings is 2. The third-order valence-corrected chi connectivity index (χ3v) is 4.65. The maximum absolute atomic E-state index is 12.5. The molecular formula is C21H17ClO6. The minimum atomic E-state index is -0.923. The van der Waals surface area contributed by atoms with Gasteiger partial charge in [0.25, 0.3) is 0 Å². The van der Waals surface area contributed by atoms with E-state index in [0.29, 0.717) is 27.6 Å². The lowest BCUT2D eigenvalue weighted by atomic mass is 10.1. The number of methoxy groups -OCH3 is 2. The van der Waals surface area contributed by atoms with Crippen LogP contribution in [0.15, 0.2) is 45.6 Å². The maximum Gasteiger partial charge on any atom is 0.351 e. The number of hydrogen-bond donors (Lipinski definition) is 1. The fourth-order valence-electron chi connectivity index (χ4n) is 2.74. The third kappa shape index (κ3) is 3.59. The van der Waals surface area contributed by atoms with Gasteiger partial charge in [-0.05, 0) is 48.4 Å². The van der Waals surface area contributed by atoms with Gasteiger partial charge in [0.1, 0.15) is 16.9 Å². The van der Waals surface area contributed by atoms with E-state index in [2.05, 4.69) is 0 Å². The van der Waals surface area contributed by atoms with Gasteiger partial charge in [0.2, 0.25) is 0 Å². The summed E-state index contributed by atoms with van der Waals surface area (Å²) in [6.07, 6.45) is 2.67. The molecule has 0 aliphatic rings. The van der Waals surface area contributed by atoms with Crippen molar-refractivity contribution in [2.24, 2.45) is 0 Å². The molecule has 0 saturated carbocycles. The number of hydrogen-bond acceptors (Lipinski definition) is 6. The molecule has 2 aromatic carbocycles. The molecule has 0 spiro atoms. The Balaban J connectivity index is 2.01. The number of aryl methyl sites for hydroxylation is 1. The highest BCUT2D eigenvalue weighted by Gasteiger charge is 2.20. The summed E-state index contributed by atoms with van der Waals surface area (Å²) in [6.45, 7) is 1.74. The molecular weight excluding hydrogens is 384 g/mol. The van der Waals surface area contributed by atoms with Crippen LogP contribution in [0.5, 0.6) is 17.2 Å². The van der Waals surface area contributed by atoms with E-state index < -0.39 is 22.7 Å². The third-order valence-electron chi connectivity index (χ3n) is 4.24. The van der Waals surface area contributed by atoms with Crippen LogP contribution in [0.3, 0.4) is 0 Å². The molecule has 144 valence electrons. The molecule has 0 atom stereocenters. The number of ether oxygens (including phenoxy) is 2. The monoisotopic (exact) mass is 400 g/mol. The number of allylic oxidation sites excluding steroid dienone is 1. The van der Waals surface area contributed by atoms with Gasteiger partial charge in [0, 0.05) is 5.02 Å². The normalized spacial score (nSPS) is 11.1. The highest BCUT2D eigenvalue weighted by atomic mass is 35.5. The van der Waals surface area contributed by atoms with Gasteiger partial charge in [-0.3, -0.25) is 4.79 Å². The van der Waals surface area contributed by atoms with Crippen LogP contribution in [-0.2, 0) is 0 Å². The predicted molar refractivity (Wildman–Crippen MR) is 107 cm³/mol. The molecule has 0 radical (unpaired) electrons. The molecule has 0 aliphatic carbocycles. The minimum absolute atomic E-state index is 0.157. The first-order valence-corrected chi connectivity index (χ1v) is 8.64. The number of ketones is 1. The van der Waals surface area contributed by atoms with Gasteiger partial charge in [0.15, 0.2) is 17.3 Å². The van der Waals surface area contributed by atoms with Gasteiger partial charge >= 0.3 is 5.63 Å². The first kappa shape index (κ1) is 19.5. The zero-order valence-electron chi connectivity index (χ0n) is 15.4. The van der Waals surface area contributed by atoms with Gasteiger partial charge in [-0.2, -0.15) is 0 Å². The van der Waals surface area contributed by atoms with Gasteiger partial charge < -0.3 is 19.0 Å². The first-order valence-electron chi connectivity index (χ1n) is 8.26. The zero-order valence-corrected chi connectivity index (χ0v) is 16.2. The molecule has 0 saturated heterocycles. The van der Waals surface area contributed by atoms with Crippen LogP contribution in [0.2, 0.25) is 5.02 Å². The van der Waals surface area contributed by atoms with Crippen molar-refractivity contribution in [2.45, 2.75) is 6.92 Å². The number of carbonyl (C=O) groups excluding carboxylic acids is 1. The first-order chi connectivity index (χ1) is 13.3. The zero-order chi connectivity index (χ0) is 20.4. The highest BCUT2D eigenvalue weighted by molar-refractivity contribution is 6.32. The Morgan fingerprint density at radius 2 is 1.86 bits per heavy atom. The summed E-state index contributed by atoms with van der Waals surface area (Å²) >= 11 is 6.07. The quantitative estimate of drug-likeness (QED) is 0.388. The number of carbonyl (C=O) groups is 1. The fourth-order valence-corrected chi connectivity index (χ4v) is 2.90. The van der Waals surface area contributed by atoms with Crippen molar-refractivity contribution in [1.29, 1.82) is 0 Å². The molecule has 6 nitrogen and oxygen atoms in total. The van der Waals surface area contributed by atoms with E-state index in [1.54, 1.807) is 25.1 Å². The molecule has 7 heteroatoms. The number of aromatic hydroxyl groups is 1. The second kappa shape index (κ2) is 7.78. The molecule has 0 aliphatic heterocycles. The topological polar surface area (TPSA) is 86.0 Å². The Labute approximate surface area is 165 Å². The molecule has 0 bridgehead atoms. The standard InChI is InChI=1S/C21H17ClO6/c1-11-8-17-13(10-14(11)22)20(24)19(21(25)28-17)15(23)6-4-12-5-7-16(26-2)18(9-12)27-3/h4-10,24H,1-3H3/b6-4+. The highest BCUT2D eigenvalue weighted by Crippen LogP contribution is 2.31. The molecule has 1 heterocycles. The molecule has 28 heavy (non-hydrogen) atoms. The summed E-state index contributed by atoms with van der Waals surface area (Å²) < 4.78 is 15.6. The van der Waals surface area contributed by atoms with Crippen LogP contribution in [-0.4, -0.2) is 25.1 Å². The van der Waals surface area contributed by atoms with Crippen LogP contribution in [0.25, 0.3) is 17.0 Å². The molecule has 1 N–H and O–H groups in total. The van der Waals surface area contributed by atoms with E-state index in [1.807, 2.05) is 0 Å². The largest absolute Gasteiger partial charge is 0.506 e. The average molecular weight is 401 g/mol. The Hall–Kier alpha value is -3.25. The Morgan fingerprint density at radius 1 is 1.14 bits per heavy atom. The van der Waals surface area contributed by atoms with Crippen LogP contribution < -0.4 is 15.1 Å². The van der Waals surface area contributed by atoms with Crippen molar-refractivity contribution >= 4 is 34.4 Å². The lowest BCUT2D eigenvalue weighted by Gasteiger charge is -2.08. The number of fused-ring (bicyclic) bond motifs is 1. The Bertz CT molecular complexity index is 1160. The summed E-state index contributed by atoms with van der Waals surface area (Å²) in [7, 11) is 3.02.